The predicted molar refractivity (Wildman–Crippen MR) is 78.9 cm³/mol. The van der Waals surface area contributed by atoms with Crippen LogP contribution in [0.1, 0.15) is 48.0 Å². The van der Waals surface area contributed by atoms with Gasteiger partial charge in [-0.2, -0.15) is 0 Å². The van der Waals surface area contributed by atoms with Crippen LogP contribution in [0.2, 0.25) is 0 Å². The van der Waals surface area contributed by atoms with Crippen molar-refractivity contribution in [3.63, 3.8) is 0 Å². The largest absolute Gasteiger partial charge is 0.318 e. The van der Waals surface area contributed by atoms with Gasteiger partial charge < -0.3 is 4.57 Å². The van der Waals surface area contributed by atoms with Crippen LogP contribution in [0.3, 0.4) is 0 Å². The second-order valence-corrected chi connectivity index (χ2v) is 5.52. The smallest absolute Gasteiger partial charge is 0.293 e. The highest BCUT2D eigenvalue weighted by Gasteiger charge is 2.27. The highest BCUT2D eigenvalue weighted by Crippen LogP contribution is 2.34. The van der Waals surface area contributed by atoms with E-state index in [9.17, 15) is 4.79 Å². The van der Waals surface area contributed by atoms with E-state index in [1.807, 2.05) is 13.0 Å². The van der Waals surface area contributed by atoms with E-state index in [0.717, 1.165) is 29.7 Å². The van der Waals surface area contributed by atoms with Crippen LogP contribution in [0.15, 0.2) is 12.3 Å². The number of hydroxylamine groups is 2. The Balaban J connectivity index is 2.17. The van der Waals surface area contributed by atoms with Crippen LogP contribution in [0.4, 0.5) is 0 Å². The van der Waals surface area contributed by atoms with Gasteiger partial charge in [-0.3, -0.25) is 9.63 Å². The summed E-state index contributed by atoms with van der Waals surface area (Å²) in [6, 6.07) is 2.20. The first-order valence-electron chi connectivity index (χ1n) is 7.28. The molecule has 21 heavy (non-hydrogen) atoms. The molecule has 0 aromatic carbocycles. The van der Waals surface area contributed by atoms with Gasteiger partial charge in [0.15, 0.2) is 0 Å². The third-order valence-electron chi connectivity index (χ3n) is 4.17. The van der Waals surface area contributed by atoms with E-state index < -0.39 is 0 Å². The maximum absolute atomic E-state index is 12.5. The number of aromatic nitrogens is 3. The number of fused-ring (bicyclic) bond motifs is 1. The Hall–Kier alpha value is -1.95. The predicted octanol–water partition coefficient (Wildman–Crippen LogP) is 2.49. The number of carbonyl (C=O) groups excluding carboxylic acids is 1. The highest BCUT2D eigenvalue weighted by molar-refractivity contribution is 5.97. The molecule has 1 amide bonds. The summed E-state index contributed by atoms with van der Waals surface area (Å²) in [6.45, 7) is 1.87. The zero-order chi connectivity index (χ0) is 15.0. The van der Waals surface area contributed by atoms with Crippen molar-refractivity contribution in [1.29, 1.82) is 0 Å². The standard InChI is InChI=1S/C15H20N4O2/c1-10-16-9-11-8-13(15(20)18(2)21-3)19(14(11)17-10)12-6-4-5-7-12/h8-9,12H,4-7H2,1-3H3. The Morgan fingerprint density at radius 3 is 2.81 bits per heavy atom. The molecule has 2 aromatic heterocycles. The van der Waals surface area contributed by atoms with Crippen molar-refractivity contribution in [3.8, 4) is 0 Å². The quantitative estimate of drug-likeness (QED) is 0.814. The first-order chi connectivity index (χ1) is 10.1. The first kappa shape index (κ1) is 14.0. The lowest BCUT2D eigenvalue weighted by Crippen LogP contribution is -2.28. The van der Waals surface area contributed by atoms with E-state index in [1.54, 1.807) is 13.2 Å². The summed E-state index contributed by atoms with van der Waals surface area (Å²) in [5, 5.41) is 2.15. The molecule has 0 N–H and O–H groups in total. The van der Waals surface area contributed by atoms with Crippen molar-refractivity contribution < 1.29 is 9.63 Å². The minimum Gasteiger partial charge on any atom is -0.318 e. The minimum absolute atomic E-state index is 0.153. The molecule has 3 rings (SSSR count). The average Bonchev–Trinajstić information content (AvgIpc) is 3.11. The SMILES string of the molecule is CON(C)C(=O)c1cc2cnc(C)nc2n1C1CCCC1. The van der Waals surface area contributed by atoms with Gasteiger partial charge in [-0.1, -0.05) is 12.8 Å². The number of hydrogen-bond acceptors (Lipinski definition) is 4. The van der Waals surface area contributed by atoms with Crippen molar-refractivity contribution in [2.75, 3.05) is 14.2 Å². The molecule has 0 spiro atoms. The zero-order valence-corrected chi connectivity index (χ0v) is 12.7. The van der Waals surface area contributed by atoms with Gasteiger partial charge in [0.2, 0.25) is 0 Å². The molecular formula is C15H20N4O2. The lowest BCUT2D eigenvalue weighted by atomic mass is 10.2. The van der Waals surface area contributed by atoms with Crippen LogP contribution in [-0.4, -0.2) is 39.7 Å². The number of hydrogen-bond donors (Lipinski definition) is 0. The Bertz CT molecular complexity index is 674. The number of amides is 1. The molecule has 1 fully saturated rings. The second-order valence-electron chi connectivity index (χ2n) is 5.52. The molecule has 6 heteroatoms. The summed E-state index contributed by atoms with van der Waals surface area (Å²) in [6.07, 6.45) is 6.35. The lowest BCUT2D eigenvalue weighted by molar-refractivity contribution is -0.0763. The van der Waals surface area contributed by atoms with Crippen LogP contribution >= 0.6 is 0 Å². The van der Waals surface area contributed by atoms with Gasteiger partial charge in [0.1, 0.15) is 17.2 Å². The van der Waals surface area contributed by atoms with Gasteiger partial charge in [-0.25, -0.2) is 15.0 Å². The van der Waals surface area contributed by atoms with Gasteiger partial charge in [0.05, 0.1) is 7.11 Å². The molecule has 1 aliphatic carbocycles. The molecule has 2 aromatic rings. The monoisotopic (exact) mass is 288 g/mol. The first-order valence-corrected chi connectivity index (χ1v) is 7.28. The summed E-state index contributed by atoms with van der Waals surface area (Å²) in [5.41, 5.74) is 1.48. The molecule has 0 atom stereocenters. The molecular weight excluding hydrogens is 268 g/mol. The molecule has 0 aliphatic heterocycles. The minimum atomic E-state index is -0.153. The third kappa shape index (κ3) is 2.40. The molecule has 6 nitrogen and oxygen atoms in total. The Morgan fingerprint density at radius 2 is 2.14 bits per heavy atom. The summed E-state index contributed by atoms with van der Waals surface area (Å²) in [5.74, 6) is 0.569. The zero-order valence-electron chi connectivity index (χ0n) is 12.7. The molecule has 0 radical (unpaired) electrons. The molecule has 0 bridgehead atoms. The van der Waals surface area contributed by atoms with Crippen molar-refractivity contribution in [1.82, 2.24) is 19.6 Å². The fraction of sp³-hybridized carbons (Fsp3) is 0.533. The molecule has 2 heterocycles. The van der Waals surface area contributed by atoms with Crippen LogP contribution in [0.5, 0.6) is 0 Å². The number of carbonyl (C=O) groups is 1. The maximum atomic E-state index is 12.5. The highest BCUT2D eigenvalue weighted by atomic mass is 16.7. The van der Waals surface area contributed by atoms with Gasteiger partial charge in [0.25, 0.3) is 5.91 Å². The summed E-state index contributed by atoms with van der Waals surface area (Å²) < 4.78 is 2.08. The lowest BCUT2D eigenvalue weighted by Gasteiger charge is -2.19. The third-order valence-corrected chi connectivity index (χ3v) is 4.17. The van der Waals surface area contributed by atoms with Crippen LogP contribution < -0.4 is 0 Å². The molecule has 0 unspecified atom stereocenters. The van der Waals surface area contributed by atoms with E-state index in [1.165, 1.54) is 25.0 Å². The molecule has 0 saturated heterocycles. The van der Waals surface area contributed by atoms with Crippen molar-refractivity contribution >= 4 is 16.9 Å². The summed E-state index contributed by atoms with van der Waals surface area (Å²) in [7, 11) is 3.11. The number of nitrogens with zero attached hydrogens (tertiary/aromatic N) is 4. The fourth-order valence-corrected chi connectivity index (χ4v) is 3.03. The van der Waals surface area contributed by atoms with E-state index in [0.29, 0.717) is 11.7 Å². The van der Waals surface area contributed by atoms with E-state index in [4.69, 9.17) is 4.84 Å². The summed E-state index contributed by atoms with van der Waals surface area (Å²) in [4.78, 5) is 26.4. The number of rotatable bonds is 3. The Kier molecular flexibility index (Phi) is 3.63. The van der Waals surface area contributed by atoms with Crippen LogP contribution in [0.25, 0.3) is 11.0 Å². The maximum Gasteiger partial charge on any atom is 0.293 e. The van der Waals surface area contributed by atoms with E-state index in [2.05, 4.69) is 14.5 Å². The van der Waals surface area contributed by atoms with Gasteiger partial charge in [-0.15, -0.1) is 0 Å². The van der Waals surface area contributed by atoms with E-state index in [-0.39, 0.29) is 5.91 Å². The molecule has 1 aliphatic rings. The molecule has 1 saturated carbocycles. The Morgan fingerprint density at radius 1 is 1.43 bits per heavy atom. The average molecular weight is 288 g/mol. The van der Waals surface area contributed by atoms with Crippen LogP contribution in [0, 0.1) is 6.92 Å². The van der Waals surface area contributed by atoms with E-state index >= 15 is 0 Å². The van der Waals surface area contributed by atoms with Crippen molar-refractivity contribution in [2.24, 2.45) is 0 Å². The van der Waals surface area contributed by atoms with Gasteiger partial charge in [-0.05, 0) is 25.8 Å². The van der Waals surface area contributed by atoms with Gasteiger partial charge in [0, 0.05) is 24.7 Å². The second kappa shape index (κ2) is 5.44. The topological polar surface area (TPSA) is 60.2 Å². The van der Waals surface area contributed by atoms with Crippen molar-refractivity contribution in [2.45, 2.75) is 38.6 Å². The normalized spacial score (nSPS) is 15.8. The number of aryl methyl sites for hydroxylation is 1. The molecule has 112 valence electrons. The van der Waals surface area contributed by atoms with Crippen LogP contribution in [-0.2, 0) is 4.84 Å². The van der Waals surface area contributed by atoms with Gasteiger partial charge >= 0.3 is 0 Å². The Labute approximate surface area is 123 Å². The van der Waals surface area contributed by atoms with Crippen molar-refractivity contribution in [3.05, 3.63) is 23.8 Å². The fourth-order valence-electron chi connectivity index (χ4n) is 3.03. The summed E-state index contributed by atoms with van der Waals surface area (Å²) >= 11 is 0.